The first-order valence-corrected chi connectivity index (χ1v) is 19.8. The first kappa shape index (κ1) is 34.3. The van der Waals surface area contributed by atoms with Crippen LogP contribution in [0.1, 0.15) is 0 Å². The number of furan rings is 1. The molecule has 0 saturated heterocycles. The number of benzene rings is 9. The van der Waals surface area contributed by atoms with Crippen LogP contribution in [0.25, 0.3) is 111 Å². The van der Waals surface area contributed by atoms with Crippen LogP contribution in [0.15, 0.2) is 217 Å². The maximum absolute atomic E-state index is 6.70. The van der Waals surface area contributed by atoms with Gasteiger partial charge in [0.15, 0.2) is 17.5 Å². The second kappa shape index (κ2) is 14.5. The molecule has 0 spiro atoms. The molecule has 4 nitrogen and oxygen atoms in total. The molecule has 2 heterocycles. The summed E-state index contributed by atoms with van der Waals surface area (Å²) < 4.78 is 6.70. The predicted octanol–water partition coefficient (Wildman–Crippen LogP) is 14.6. The topological polar surface area (TPSA) is 51.8 Å². The van der Waals surface area contributed by atoms with Crippen LogP contribution in [0.2, 0.25) is 0 Å². The second-order valence-electron chi connectivity index (χ2n) is 14.8. The summed E-state index contributed by atoms with van der Waals surface area (Å²) in [5.74, 6) is 1.83. The monoisotopic (exact) mass is 753 g/mol. The standard InChI is InChI=1S/C55H35N3O/c1-4-14-36(15-5-1)38-24-28-41(29-25-38)53-56-54(42-30-26-39(27-31-42)37-16-6-2-7-17-37)58-55(57-53)44-34-43-20-10-11-21-45(43)49(35-44)47-33-32-46(40-18-8-3-9-19-40)52-51(47)48-22-12-13-23-50(48)59-52/h1-35H. The number of para-hydroxylation sites is 1. The number of nitrogens with zero attached hydrogens (tertiary/aromatic N) is 3. The van der Waals surface area contributed by atoms with E-state index in [4.69, 9.17) is 19.4 Å². The van der Waals surface area contributed by atoms with E-state index in [0.717, 1.165) is 93.9 Å². The fourth-order valence-corrected chi connectivity index (χ4v) is 8.21. The van der Waals surface area contributed by atoms with Crippen molar-refractivity contribution in [1.29, 1.82) is 0 Å². The third-order valence-corrected chi connectivity index (χ3v) is 11.2. The van der Waals surface area contributed by atoms with Crippen molar-refractivity contribution in [2.45, 2.75) is 0 Å². The molecule has 0 bridgehead atoms. The molecule has 4 heteroatoms. The summed E-state index contributed by atoms with van der Waals surface area (Å²) in [5.41, 5.74) is 13.4. The summed E-state index contributed by atoms with van der Waals surface area (Å²) in [7, 11) is 0. The minimum absolute atomic E-state index is 0.602. The van der Waals surface area contributed by atoms with Crippen LogP contribution in [-0.2, 0) is 0 Å². The van der Waals surface area contributed by atoms with Crippen LogP contribution < -0.4 is 0 Å². The molecule has 0 amide bonds. The van der Waals surface area contributed by atoms with E-state index in [0.29, 0.717) is 17.5 Å². The zero-order chi connectivity index (χ0) is 39.1. The molecular weight excluding hydrogens is 719 g/mol. The lowest BCUT2D eigenvalue weighted by molar-refractivity contribution is 0.670. The second-order valence-corrected chi connectivity index (χ2v) is 14.8. The molecule has 2 aromatic heterocycles. The predicted molar refractivity (Wildman–Crippen MR) is 243 cm³/mol. The van der Waals surface area contributed by atoms with Gasteiger partial charge in [-0.3, -0.25) is 0 Å². The lowest BCUT2D eigenvalue weighted by Gasteiger charge is -2.14. The number of rotatable bonds is 7. The first-order valence-electron chi connectivity index (χ1n) is 19.8. The zero-order valence-corrected chi connectivity index (χ0v) is 32.0. The fraction of sp³-hybridized carbons (Fsp3) is 0. The molecule has 276 valence electrons. The molecule has 0 radical (unpaired) electrons. The lowest BCUT2D eigenvalue weighted by Crippen LogP contribution is -2.00. The molecule has 11 aromatic rings. The van der Waals surface area contributed by atoms with E-state index in [1.54, 1.807) is 0 Å². The van der Waals surface area contributed by atoms with Crippen LogP contribution in [-0.4, -0.2) is 15.0 Å². The van der Waals surface area contributed by atoms with E-state index in [1.165, 1.54) is 0 Å². The summed E-state index contributed by atoms with van der Waals surface area (Å²) in [6, 6.07) is 74.0. The number of hydrogen-bond donors (Lipinski definition) is 0. The highest BCUT2D eigenvalue weighted by Crippen LogP contribution is 2.44. The number of hydrogen-bond acceptors (Lipinski definition) is 4. The van der Waals surface area contributed by atoms with Crippen molar-refractivity contribution in [2.24, 2.45) is 0 Å². The molecule has 0 unspecified atom stereocenters. The van der Waals surface area contributed by atoms with Gasteiger partial charge >= 0.3 is 0 Å². The summed E-state index contributed by atoms with van der Waals surface area (Å²) in [4.78, 5) is 15.6. The van der Waals surface area contributed by atoms with Gasteiger partial charge in [-0.1, -0.05) is 188 Å². The number of fused-ring (bicyclic) bond motifs is 4. The lowest BCUT2D eigenvalue weighted by atomic mass is 9.90. The van der Waals surface area contributed by atoms with Gasteiger partial charge in [0.25, 0.3) is 0 Å². The zero-order valence-electron chi connectivity index (χ0n) is 32.0. The van der Waals surface area contributed by atoms with Gasteiger partial charge in [-0.2, -0.15) is 0 Å². The highest BCUT2D eigenvalue weighted by Gasteiger charge is 2.20. The van der Waals surface area contributed by atoms with Crippen molar-refractivity contribution in [1.82, 2.24) is 15.0 Å². The summed E-state index contributed by atoms with van der Waals surface area (Å²) in [5, 5.41) is 4.39. The Morgan fingerprint density at radius 2 is 0.729 bits per heavy atom. The van der Waals surface area contributed by atoms with E-state index in [1.807, 2.05) is 24.3 Å². The molecule has 0 N–H and O–H groups in total. The minimum atomic E-state index is 0.602. The van der Waals surface area contributed by atoms with Crippen molar-refractivity contribution in [2.75, 3.05) is 0 Å². The van der Waals surface area contributed by atoms with Crippen LogP contribution in [0.3, 0.4) is 0 Å². The molecular formula is C55H35N3O. The maximum atomic E-state index is 6.70. The van der Waals surface area contributed by atoms with Gasteiger partial charge in [0.1, 0.15) is 11.2 Å². The van der Waals surface area contributed by atoms with E-state index in [9.17, 15) is 0 Å². The Morgan fingerprint density at radius 3 is 1.32 bits per heavy atom. The van der Waals surface area contributed by atoms with Crippen molar-refractivity contribution in [3.8, 4) is 78.7 Å². The molecule has 0 atom stereocenters. The maximum Gasteiger partial charge on any atom is 0.164 e. The molecule has 0 aliphatic carbocycles. The summed E-state index contributed by atoms with van der Waals surface area (Å²) in [6.07, 6.45) is 0. The highest BCUT2D eigenvalue weighted by atomic mass is 16.3. The minimum Gasteiger partial charge on any atom is -0.455 e. The molecule has 0 fully saturated rings. The van der Waals surface area contributed by atoms with Crippen LogP contribution in [0.4, 0.5) is 0 Å². The third kappa shape index (κ3) is 6.34. The Kier molecular flexibility index (Phi) is 8.45. The van der Waals surface area contributed by atoms with E-state index < -0.39 is 0 Å². The molecule has 0 aliphatic rings. The van der Waals surface area contributed by atoms with Gasteiger partial charge < -0.3 is 4.42 Å². The average molecular weight is 754 g/mol. The van der Waals surface area contributed by atoms with Crippen molar-refractivity contribution in [3.05, 3.63) is 212 Å². The van der Waals surface area contributed by atoms with Crippen molar-refractivity contribution in [3.63, 3.8) is 0 Å². The number of aromatic nitrogens is 3. The van der Waals surface area contributed by atoms with Gasteiger partial charge in [-0.25, -0.2) is 15.0 Å². The molecule has 0 saturated carbocycles. The Labute approximate surface area is 341 Å². The van der Waals surface area contributed by atoms with Gasteiger partial charge in [0, 0.05) is 33.0 Å². The molecule has 59 heavy (non-hydrogen) atoms. The van der Waals surface area contributed by atoms with E-state index >= 15 is 0 Å². The van der Waals surface area contributed by atoms with Crippen LogP contribution in [0.5, 0.6) is 0 Å². The van der Waals surface area contributed by atoms with Crippen LogP contribution in [0, 0.1) is 0 Å². The van der Waals surface area contributed by atoms with Crippen LogP contribution >= 0.6 is 0 Å². The van der Waals surface area contributed by atoms with Gasteiger partial charge in [0.05, 0.1) is 0 Å². The summed E-state index contributed by atoms with van der Waals surface area (Å²) >= 11 is 0. The average Bonchev–Trinajstić information content (AvgIpc) is 3.72. The van der Waals surface area contributed by atoms with Crippen molar-refractivity contribution >= 4 is 32.7 Å². The fourth-order valence-electron chi connectivity index (χ4n) is 8.21. The SMILES string of the molecule is c1ccc(-c2ccc(-c3nc(-c4ccc(-c5ccccc5)cc4)nc(-c4cc(-c5ccc(-c6ccccc6)c6oc7ccccc7c56)c5ccccc5c4)n3)cc2)cc1. The Morgan fingerprint density at radius 1 is 0.288 bits per heavy atom. The third-order valence-electron chi connectivity index (χ3n) is 11.2. The quantitative estimate of drug-likeness (QED) is 0.163. The van der Waals surface area contributed by atoms with E-state index in [2.05, 4.69) is 188 Å². The Balaban J connectivity index is 1.11. The van der Waals surface area contributed by atoms with E-state index in [-0.39, 0.29) is 0 Å². The van der Waals surface area contributed by atoms with Gasteiger partial charge in [-0.05, 0) is 74.0 Å². The Bertz CT molecular complexity index is 3180. The Hall–Kier alpha value is -7.95. The molecule has 11 rings (SSSR count). The van der Waals surface area contributed by atoms with Crippen molar-refractivity contribution < 1.29 is 4.42 Å². The summed E-state index contributed by atoms with van der Waals surface area (Å²) in [6.45, 7) is 0. The first-order chi connectivity index (χ1) is 29.2. The normalized spacial score (nSPS) is 11.4. The van der Waals surface area contributed by atoms with Gasteiger partial charge in [-0.15, -0.1) is 0 Å². The van der Waals surface area contributed by atoms with Gasteiger partial charge in [0.2, 0.25) is 0 Å². The molecule has 0 aliphatic heterocycles. The largest absolute Gasteiger partial charge is 0.455 e. The highest BCUT2D eigenvalue weighted by molar-refractivity contribution is 6.18. The molecule has 9 aromatic carbocycles. The smallest absolute Gasteiger partial charge is 0.164 e.